The van der Waals surface area contributed by atoms with E-state index in [2.05, 4.69) is 5.32 Å². The molecule has 2 unspecified atom stereocenters. The third kappa shape index (κ3) is 5.92. The molecule has 2 fully saturated rings. The van der Waals surface area contributed by atoms with Crippen LogP contribution in [-0.2, 0) is 21.1 Å². The van der Waals surface area contributed by atoms with E-state index in [9.17, 15) is 0 Å². The van der Waals surface area contributed by atoms with Crippen LogP contribution in [0.2, 0.25) is 0 Å². The quantitative estimate of drug-likeness (QED) is 0.411. The standard InChI is InChI=1S/C7H13N.C2H7N.2ClH.Pt/c8-7-4-5-1-2-6(7)3-5;1-3-2;;;/h5-7H,1-4,8H2;3H,1-2H3;2*1H;/q;;;;+2/p-2/t5?,6?,7-;;;;/m1..../s1. The van der Waals surface area contributed by atoms with Gasteiger partial charge in [0, 0.05) is 6.04 Å². The molecule has 0 aliphatic heterocycles. The zero-order chi connectivity index (χ0) is 8.27. The van der Waals surface area contributed by atoms with E-state index < -0.39 is 0 Å². The molecule has 0 spiro atoms. The number of fused-ring (bicyclic) bond motifs is 2. The molecule has 0 aromatic carbocycles. The Bertz CT molecular complexity index is 125. The van der Waals surface area contributed by atoms with E-state index in [1.807, 2.05) is 14.1 Å². The Morgan fingerprint density at radius 3 is 1.71 bits per heavy atom. The van der Waals surface area contributed by atoms with Gasteiger partial charge >= 0.3 is 21.1 Å². The van der Waals surface area contributed by atoms with Crippen molar-refractivity contribution in [1.82, 2.24) is 5.32 Å². The van der Waals surface area contributed by atoms with Gasteiger partial charge in [0.1, 0.15) is 0 Å². The molecule has 3 N–H and O–H groups in total. The number of nitrogens with one attached hydrogen (secondary N) is 1. The van der Waals surface area contributed by atoms with Crippen LogP contribution >= 0.6 is 0 Å². The van der Waals surface area contributed by atoms with Crippen LogP contribution in [0.15, 0.2) is 0 Å². The Morgan fingerprint density at radius 1 is 1.07 bits per heavy atom. The second kappa shape index (κ2) is 10.7. The fraction of sp³-hybridized carbons (Fsp3) is 1.00. The van der Waals surface area contributed by atoms with Crippen molar-refractivity contribution < 1.29 is 45.9 Å². The summed E-state index contributed by atoms with van der Waals surface area (Å²) in [7, 11) is 3.75. The summed E-state index contributed by atoms with van der Waals surface area (Å²) < 4.78 is 0. The molecule has 0 amide bonds. The zero-order valence-corrected chi connectivity index (χ0v) is 12.5. The van der Waals surface area contributed by atoms with E-state index in [0.29, 0.717) is 6.04 Å². The molecule has 90 valence electrons. The van der Waals surface area contributed by atoms with E-state index in [-0.39, 0.29) is 45.9 Å². The monoisotopic (exact) mass is 421 g/mol. The molecule has 2 rings (SSSR count). The Balaban J connectivity index is -0.000000185. The maximum atomic E-state index is 5.82. The summed E-state index contributed by atoms with van der Waals surface area (Å²) in [5.41, 5.74) is 5.82. The summed E-state index contributed by atoms with van der Waals surface area (Å²) in [4.78, 5) is 0. The van der Waals surface area contributed by atoms with Gasteiger partial charge in [-0.1, -0.05) is 6.42 Å². The molecule has 0 heterocycles. The van der Waals surface area contributed by atoms with E-state index >= 15 is 0 Å². The number of hydrogen-bond donors (Lipinski definition) is 2. The minimum Gasteiger partial charge on any atom is -1.00 e. The smallest absolute Gasteiger partial charge is 1.00 e. The van der Waals surface area contributed by atoms with Crippen molar-refractivity contribution >= 4 is 0 Å². The number of rotatable bonds is 0. The first-order valence-corrected chi connectivity index (χ1v) is 4.62. The van der Waals surface area contributed by atoms with Gasteiger partial charge in [-0.2, -0.15) is 0 Å². The molecule has 2 nitrogen and oxygen atoms in total. The van der Waals surface area contributed by atoms with E-state index in [1.165, 1.54) is 25.7 Å². The van der Waals surface area contributed by atoms with Crippen molar-refractivity contribution in [2.45, 2.75) is 31.7 Å². The van der Waals surface area contributed by atoms with Crippen LogP contribution in [0, 0.1) is 11.8 Å². The SMILES string of the molecule is CNC.N[C@@H]1CC2CCC1C2.[Cl-].[Cl-].[Pt+2]. The van der Waals surface area contributed by atoms with Gasteiger partial charge in [0.2, 0.25) is 0 Å². The molecular formula is C9H20Cl2N2Pt. The first-order valence-electron chi connectivity index (χ1n) is 4.62. The average Bonchev–Trinajstić information content (AvgIpc) is 2.48. The first kappa shape index (κ1) is 20.6. The van der Waals surface area contributed by atoms with Gasteiger partial charge < -0.3 is 35.9 Å². The zero-order valence-electron chi connectivity index (χ0n) is 8.71. The van der Waals surface area contributed by atoms with Crippen LogP contribution in [0.1, 0.15) is 25.7 Å². The van der Waals surface area contributed by atoms with Gasteiger partial charge in [-0.05, 0) is 45.2 Å². The number of nitrogens with two attached hydrogens (primary N) is 1. The molecular weight excluding hydrogens is 402 g/mol. The Kier molecular flexibility index (Phi) is 15.7. The normalized spacial score (nSPS) is 31.5. The van der Waals surface area contributed by atoms with Crippen LogP contribution in [0.5, 0.6) is 0 Å². The van der Waals surface area contributed by atoms with E-state index in [4.69, 9.17) is 5.73 Å². The Labute approximate surface area is 114 Å². The minimum atomic E-state index is 0. The van der Waals surface area contributed by atoms with Crippen molar-refractivity contribution in [2.75, 3.05) is 14.1 Å². The molecule has 0 aromatic heterocycles. The van der Waals surface area contributed by atoms with Crippen molar-refractivity contribution in [3.05, 3.63) is 0 Å². The van der Waals surface area contributed by atoms with Gasteiger partial charge in [-0.3, -0.25) is 0 Å². The molecule has 2 bridgehead atoms. The van der Waals surface area contributed by atoms with E-state index in [1.54, 1.807) is 0 Å². The fourth-order valence-corrected chi connectivity index (χ4v) is 2.29. The topological polar surface area (TPSA) is 38.0 Å². The minimum absolute atomic E-state index is 0. The van der Waals surface area contributed by atoms with Crippen molar-refractivity contribution in [2.24, 2.45) is 17.6 Å². The molecule has 3 atom stereocenters. The maximum absolute atomic E-state index is 5.82. The number of hydrogen-bond acceptors (Lipinski definition) is 2. The Hall–Kier alpha value is 1.19. The fourth-order valence-electron chi connectivity index (χ4n) is 2.29. The molecule has 2 saturated carbocycles. The Morgan fingerprint density at radius 2 is 1.57 bits per heavy atom. The number of halogens is 2. The van der Waals surface area contributed by atoms with Crippen LogP contribution < -0.4 is 35.9 Å². The summed E-state index contributed by atoms with van der Waals surface area (Å²) in [6.45, 7) is 0. The van der Waals surface area contributed by atoms with Gasteiger partial charge in [0.05, 0.1) is 0 Å². The van der Waals surface area contributed by atoms with Gasteiger partial charge in [-0.25, -0.2) is 0 Å². The average molecular weight is 422 g/mol. The van der Waals surface area contributed by atoms with Gasteiger partial charge in [-0.15, -0.1) is 0 Å². The molecule has 2 aliphatic carbocycles. The first-order chi connectivity index (χ1) is 5.27. The second-order valence-electron chi connectivity index (χ2n) is 3.84. The maximum Gasteiger partial charge on any atom is 2.00 e. The summed E-state index contributed by atoms with van der Waals surface area (Å²) in [6.07, 6.45) is 5.66. The largest absolute Gasteiger partial charge is 2.00 e. The molecule has 0 saturated heterocycles. The van der Waals surface area contributed by atoms with Crippen molar-refractivity contribution in [3.63, 3.8) is 0 Å². The van der Waals surface area contributed by atoms with E-state index in [0.717, 1.165) is 11.8 Å². The van der Waals surface area contributed by atoms with Gasteiger partial charge in [0.15, 0.2) is 0 Å². The van der Waals surface area contributed by atoms with Crippen molar-refractivity contribution in [3.8, 4) is 0 Å². The van der Waals surface area contributed by atoms with Crippen molar-refractivity contribution in [1.29, 1.82) is 0 Å². The molecule has 5 heteroatoms. The van der Waals surface area contributed by atoms with Crippen LogP contribution in [0.25, 0.3) is 0 Å². The van der Waals surface area contributed by atoms with Crippen LogP contribution in [-0.4, -0.2) is 20.1 Å². The molecule has 14 heavy (non-hydrogen) atoms. The van der Waals surface area contributed by atoms with Crippen LogP contribution in [0.4, 0.5) is 0 Å². The predicted octanol–water partition coefficient (Wildman–Crippen LogP) is -5.03. The second-order valence-corrected chi connectivity index (χ2v) is 3.84. The molecule has 0 aromatic rings. The summed E-state index contributed by atoms with van der Waals surface area (Å²) in [5.74, 6) is 1.94. The third-order valence-corrected chi connectivity index (χ3v) is 2.79. The predicted molar refractivity (Wildman–Crippen MR) is 48.4 cm³/mol. The molecule has 0 radical (unpaired) electrons. The summed E-state index contributed by atoms with van der Waals surface area (Å²) >= 11 is 0. The van der Waals surface area contributed by atoms with Gasteiger partial charge in [0.25, 0.3) is 0 Å². The summed E-state index contributed by atoms with van der Waals surface area (Å²) in [6, 6.07) is 0.578. The molecule has 2 aliphatic rings. The third-order valence-electron chi connectivity index (χ3n) is 2.79. The summed E-state index contributed by atoms with van der Waals surface area (Å²) in [5, 5.41) is 2.75. The van der Waals surface area contributed by atoms with Crippen LogP contribution in [0.3, 0.4) is 0 Å².